The van der Waals surface area contributed by atoms with Crippen LogP contribution in [-0.2, 0) is 27.6 Å². The van der Waals surface area contributed by atoms with E-state index in [-0.39, 0.29) is 24.3 Å². The van der Waals surface area contributed by atoms with Gasteiger partial charge in [-0.3, -0.25) is 9.59 Å². The highest BCUT2D eigenvalue weighted by Gasteiger charge is 2.18. The van der Waals surface area contributed by atoms with E-state index in [1.54, 1.807) is 34.3 Å². The van der Waals surface area contributed by atoms with Crippen LogP contribution in [0, 0.1) is 10.1 Å². The molecule has 3 aromatic rings. The van der Waals surface area contributed by atoms with Crippen LogP contribution in [0.25, 0.3) is 0 Å². The second kappa shape index (κ2) is 19.7. The lowest BCUT2D eigenvalue weighted by atomic mass is 10.2. The number of hydrogen-bond acceptors (Lipinski definition) is 8. The van der Waals surface area contributed by atoms with E-state index in [0.717, 1.165) is 42.9 Å². The Morgan fingerprint density at radius 3 is 2.24 bits per heavy atom. The molecule has 2 aromatic carbocycles. The van der Waals surface area contributed by atoms with E-state index < -0.39 is 11.0 Å². The summed E-state index contributed by atoms with van der Waals surface area (Å²) in [5.41, 5.74) is 2.44. The number of amides is 2. The minimum absolute atomic E-state index is 0.0906. The van der Waals surface area contributed by atoms with Crippen LogP contribution in [0.15, 0.2) is 73.1 Å². The standard InChI is InChI=1S/C30H40N6O4S2/c37-28(24-42-23-26-13-7-4-8-14-26)34-21-27(31-17-20-41-22-25-11-5-3-6-12-25)29(38)32-15-9-1-2-10-18-35-19-16-33-30(35)36(39)40/h3-8,11-14,16,19,27,31H,1-2,9-10,15,17-18,20-24H2,(H,32,38)(H,34,37). The summed E-state index contributed by atoms with van der Waals surface area (Å²) >= 11 is 3.34. The summed E-state index contributed by atoms with van der Waals surface area (Å²) in [7, 11) is 0. The Bertz CT molecular complexity index is 1210. The normalized spacial score (nSPS) is 11.6. The van der Waals surface area contributed by atoms with E-state index in [4.69, 9.17) is 0 Å². The number of carbonyl (C=O) groups excluding carboxylic acids is 2. The highest BCUT2D eigenvalue weighted by molar-refractivity contribution is 7.99. The van der Waals surface area contributed by atoms with Gasteiger partial charge in [-0.15, -0.1) is 11.8 Å². The van der Waals surface area contributed by atoms with Crippen LogP contribution >= 0.6 is 23.5 Å². The van der Waals surface area contributed by atoms with E-state index in [1.165, 1.54) is 17.3 Å². The second-order valence-electron chi connectivity index (χ2n) is 9.71. The molecule has 1 aromatic heterocycles. The van der Waals surface area contributed by atoms with Crippen LogP contribution in [0.1, 0.15) is 36.8 Å². The van der Waals surface area contributed by atoms with Crippen LogP contribution in [0.2, 0.25) is 0 Å². The van der Waals surface area contributed by atoms with Crippen molar-refractivity contribution < 1.29 is 14.5 Å². The molecular weight excluding hydrogens is 573 g/mol. The molecule has 1 heterocycles. The molecule has 0 spiro atoms. The van der Waals surface area contributed by atoms with Gasteiger partial charge in [0.25, 0.3) is 0 Å². The highest BCUT2D eigenvalue weighted by Crippen LogP contribution is 2.13. The number of imidazole rings is 1. The largest absolute Gasteiger partial charge is 0.434 e. The SMILES string of the molecule is O=C(CSCc1ccccc1)NCC(NCCSCc1ccccc1)C(=O)NCCCCCCn1ccnc1[N+](=O)[O-]. The van der Waals surface area contributed by atoms with Gasteiger partial charge < -0.3 is 26.1 Å². The zero-order valence-electron chi connectivity index (χ0n) is 23.8. The highest BCUT2D eigenvalue weighted by atomic mass is 32.2. The molecule has 12 heteroatoms. The molecule has 10 nitrogen and oxygen atoms in total. The monoisotopic (exact) mass is 612 g/mol. The van der Waals surface area contributed by atoms with Gasteiger partial charge in [0, 0.05) is 36.9 Å². The first-order valence-electron chi connectivity index (χ1n) is 14.2. The summed E-state index contributed by atoms with van der Waals surface area (Å²) in [4.78, 5) is 39.7. The first-order chi connectivity index (χ1) is 20.5. The lowest BCUT2D eigenvalue weighted by Gasteiger charge is -2.19. The van der Waals surface area contributed by atoms with Gasteiger partial charge in [-0.25, -0.2) is 4.57 Å². The summed E-state index contributed by atoms with van der Waals surface area (Å²) in [5, 5.41) is 20.2. The van der Waals surface area contributed by atoms with Crippen molar-refractivity contribution in [1.29, 1.82) is 0 Å². The molecule has 0 fully saturated rings. The van der Waals surface area contributed by atoms with Crippen molar-refractivity contribution in [3.63, 3.8) is 0 Å². The van der Waals surface area contributed by atoms with E-state index in [0.29, 0.717) is 25.4 Å². The molecule has 0 bridgehead atoms. The Hall–Kier alpha value is -3.35. The van der Waals surface area contributed by atoms with Crippen LogP contribution in [0.5, 0.6) is 0 Å². The first-order valence-corrected chi connectivity index (χ1v) is 16.5. The third kappa shape index (κ3) is 13.1. The number of hydrogen-bond donors (Lipinski definition) is 3. The molecule has 1 atom stereocenters. The molecule has 0 aliphatic heterocycles. The smallest absolute Gasteiger partial charge is 0.390 e. The molecular formula is C30H40N6O4S2. The minimum atomic E-state index is -0.521. The Balaban J connectivity index is 1.35. The number of carbonyl (C=O) groups is 2. The van der Waals surface area contributed by atoms with Crippen molar-refractivity contribution in [2.45, 2.75) is 49.8 Å². The zero-order valence-corrected chi connectivity index (χ0v) is 25.4. The molecule has 226 valence electrons. The quantitative estimate of drug-likeness (QED) is 0.0916. The number of thioether (sulfide) groups is 2. The van der Waals surface area contributed by atoms with E-state index in [1.807, 2.05) is 48.5 Å². The first kappa shape index (κ1) is 33.2. The van der Waals surface area contributed by atoms with E-state index in [9.17, 15) is 19.7 Å². The predicted octanol–water partition coefficient (Wildman–Crippen LogP) is 4.41. The number of aryl methyl sites for hydroxylation is 1. The fourth-order valence-electron chi connectivity index (χ4n) is 4.17. The molecule has 0 saturated carbocycles. The number of nitrogens with zero attached hydrogens (tertiary/aromatic N) is 3. The van der Waals surface area contributed by atoms with Gasteiger partial charge in [-0.1, -0.05) is 78.5 Å². The fourth-order valence-corrected chi connectivity index (χ4v) is 5.83. The van der Waals surface area contributed by atoms with Crippen LogP contribution in [-0.4, -0.2) is 63.5 Å². The summed E-state index contributed by atoms with van der Waals surface area (Å²) in [5.74, 6) is 2.48. The molecule has 0 aliphatic carbocycles. The van der Waals surface area contributed by atoms with Crippen molar-refractivity contribution in [2.75, 3.05) is 31.1 Å². The van der Waals surface area contributed by atoms with Crippen molar-refractivity contribution in [2.24, 2.45) is 0 Å². The summed E-state index contributed by atoms with van der Waals surface area (Å²) in [6.45, 7) is 1.95. The third-order valence-electron chi connectivity index (χ3n) is 6.40. The van der Waals surface area contributed by atoms with Crippen molar-refractivity contribution >= 4 is 41.3 Å². The third-order valence-corrected chi connectivity index (χ3v) is 8.43. The number of rotatable bonds is 21. The van der Waals surface area contributed by atoms with Gasteiger partial charge in [-0.05, 0) is 28.9 Å². The second-order valence-corrected chi connectivity index (χ2v) is 11.8. The summed E-state index contributed by atoms with van der Waals surface area (Å²) < 4.78 is 1.55. The van der Waals surface area contributed by atoms with Gasteiger partial charge >= 0.3 is 5.95 Å². The Kier molecular flexibility index (Phi) is 15.6. The lowest BCUT2D eigenvalue weighted by molar-refractivity contribution is -0.396. The summed E-state index contributed by atoms with van der Waals surface area (Å²) in [6.07, 6.45) is 6.44. The zero-order chi connectivity index (χ0) is 29.8. The van der Waals surface area contributed by atoms with Gasteiger partial charge in [0.05, 0.1) is 12.3 Å². The van der Waals surface area contributed by atoms with Crippen molar-refractivity contribution in [3.8, 4) is 0 Å². The number of benzene rings is 2. The molecule has 2 amide bonds. The molecule has 0 radical (unpaired) electrons. The van der Waals surface area contributed by atoms with Crippen LogP contribution < -0.4 is 16.0 Å². The minimum Gasteiger partial charge on any atom is -0.390 e. The Labute approximate surface area is 256 Å². The van der Waals surface area contributed by atoms with Gasteiger partial charge in [-0.2, -0.15) is 11.8 Å². The molecule has 0 saturated heterocycles. The van der Waals surface area contributed by atoms with Crippen LogP contribution in [0.3, 0.4) is 0 Å². The predicted molar refractivity (Wildman–Crippen MR) is 170 cm³/mol. The lowest BCUT2D eigenvalue weighted by Crippen LogP contribution is -2.51. The van der Waals surface area contributed by atoms with Gasteiger partial charge in [0.1, 0.15) is 18.4 Å². The number of aromatic nitrogens is 2. The maximum Gasteiger partial charge on any atom is 0.434 e. The molecule has 42 heavy (non-hydrogen) atoms. The average Bonchev–Trinajstić information content (AvgIpc) is 3.48. The maximum atomic E-state index is 13.0. The Morgan fingerprint density at radius 1 is 0.881 bits per heavy atom. The molecule has 0 aliphatic rings. The van der Waals surface area contributed by atoms with E-state index >= 15 is 0 Å². The van der Waals surface area contributed by atoms with Crippen molar-refractivity contribution in [3.05, 3.63) is 94.3 Å². The fraction of sp³-hybridized carbons (Fsp3) is 0.433. The van der Waals surface area contributed by atoms with Crippen molar-refractivity contribution in [1.82, 2.24) is 25.5 Å². The topological polar surface area (TPSA) is 131 Å². The van der Waals surface area contributed by atoms with Gasteiger partial charge in [0.15, 0.2) is 0 Å². The summed E-state index contributed by atoms with van der Waals surface area (Å²) in [6, 6.07) is 19.8. The number of nitrogens with one attached hydrogen (secondary N) is 3. The maximum absolute atomic E-state index is 13.0. The number of nitro groups is 1. The number of unbranched alkanes of at least 4 members (excludes halogenated alkanes) is 3. The molecule has 1 unspecified atom stereocenters. The molecule has 3 rings (SSSR count). The Morgan fingerprint density at radius 2 is 1.55 bits per heavy atom. The van der Waals surface area contributed by atoms with E-state index in [2.05, 4.69) is 33.1 Å². The molecule has 3 N–H and O–H groups in total. The van der Waals surface area contributed by atoms with Crippen LogP contribution in [0.4, 0.5) is 5.95 Å². The average molecular weight is 613 g/mol. The van der Waals surface area contributed by atoms with Gasteiger partial charge in [0.2, 0.25) is 11.8 Å².